The lowest BCUT2D eigenvalue weighted by atomic mass is 10.2. The fourth-order valence-electron chi connectivity index (χ4n) is 2.58. The van der Waals surface area contributed by atoms with Crippen molar-refractivity contribution >= 4 is 11.8 Å². The van der Waals surface area contributed by atoms with Gasteiger partial charge in [0.25, 0.3) is 5.89 Å². The zero-order valence-corrected chi connectivity index (χ0v) is 15.1. The SMILES string of the molecule is Cc1cccc(CSCc2ccc(-c3nc(-c4ccncc4)no3)o2)c1. The molecule has 4 aromatic rings. The highest BCUT2D eigenvalue weighted by Crippen LogP contribution is 2.26. The third-order valence-electron chi connectivity index (χ3n) is 3.83. The van der Waals surface area contributed by atoms with Gasteiger partial charge in [0, 0.05) is 23.7 Å². The zero-order valence-electron chi connectivity index (χ0n) is 14.3. The number of aryl methyl sites for hydroxylation is 1. The highest BCUT2D eigenvalue weighted by Gasteiger charge is 2.14. The Kier molecular flexibility index (Phi) is 4.84. The van der Waals surface area contributed by atoms with Crippen molar-refractivity contribution in [3.05, 3.63) is 77.8 Å². The number of thioether (sulfide) groups is 1. The highest BCUT2D eigenvalue weighted by molar-refractivity contribution is 7.97. The van der Waals surface area contributed by atoms with Gasteiger partial charge in [0.1, 0.15) is 5.76 Å². The molecule has 4 rings (SSSR count). The van der Waals surface area contributed by atoms with Gasteiger partial charge in [-0.05, 0) is 36.8 Å². The third-order valence-corrected chi connectivity index (χ3v) is 4.86. The summed E-state index contributed by atoms with van der Waals surface area (Å²) in [6.45, 7) is 2.11. The fraction of sp³-hybridized carbons (Fsp3) is 0.150. The van der Waals surface area contributed by atoms with Crippen molar-refractivity contribution in [2.24, 2.45) is 0 Å². The number of hydrogen-bond acceptors (Lipinski definition) is 6. The summed E-state index contributed by atoms with van der Waals surface area (Å²) in [6.07, 6.45) is 3.39. The molecule has 0 radical (unpaired) electrons. The van der Waals surface area contributed by atoms with Crippen molar-refractivity contribution in [2.45, 2.75) is 18.4 Å². The number of pyridine rings is 1. The predicted molar refractivity (Wildman–Crippen MR) is 101 cm³/mol. The Balaban J connectivity index is 1.39. The molecule has 0 amide bonds. The molecular weight excluding hydrogens is 346 g/mol. The van der Waals surface area contributed by atoms with Gasteiger partial charge in [-0.3, -0.25) is 4.98 Å². The second kappa shape index (κ2) is 7.58. The molecule has 0 aliphatic heterocycles. The summed E-state index contributed by atoms with van der Waals surface area (Å²) in [5.74, 6) is 4.12. The smallest absolute Gasteiger partial charge is 0.293 e. The van der Waals surface area contributed by atoms with Crippen LogP contribution in [0.15, 0.2) is 69.9 Å². The van der Waals surface area contributed by atoms with Crippen molar-refractivity contribution in [1.29, 1.82) is 0 Å². The van der Waals surface area contributed by atoms with Crippen LogP contribution >= 0.6 is 11.8 Å². The van der Waals surface area contributed by atoms with E-state index in [1.165, 1.54) is 11.1 Å². The van der Waals surface area contributed by atoms with Crippen molar-refractivity contribution in [3.8, 4) is 23.0 Å². The summed E-state index contributed by atoms with van der Waals surface area (Å²) >= 11 is 1.81. The van der Waals surface area contributed by atoms with Crippen LogP contribution in [0.5, 0.6) is 0 Å². The van der Waals surface area contributed by atoms with Crippen LogP contribution in [0.4, 0.5) is 0 Å². The van der Waals surface area contributed by atoms with Crippen LogP contribution in [0.1, 0.15) is 16.9 Å². The minimum atomic E-state index is 0.381. The summed E-state index contributed by atoms with van der Waals surface area (Å²) < 4.78 is 11.2. The first-order chi connectivity index (χ1) is 12.8. The Morgan fingerprint density at radius 3 is 2.73 bits per heavy atom. The topological polar surface area (TPSA) is 65.0 Å². The molecule has 130 valence electrons. The van der Waals surface area contributed by atoms with Crippen LogP contribution in [0.25, 0.3) is 23.0 Å². The molecule has 0 fully saturated rings. The van der Waals surface area contributed by atoms with Crippen LogP contribution < -0.4 is 0 Å². The maximum absolute atomic E-state index is 5.85. The number of hydrogen-bond donors (Lipinski definition) is 0. The number of aromatic nitrogens is 3. The van der Waals surface area contributed by atoms with Crippen molar-refractivity contribution in [1.82, 2.24) is 15.1 Å². The highest BCUT2D eigenvalue weighted by atomic mass is 32.2. The van der Waals surface area contributed by atoms with Crippen LogP contribution in [-0.4, -0.2) is 15.1 Å². The second-order valence-electron chi connectivity index (χ2n) is 5.91. The lowest BCUT2D eigenvalue weighted by Gasteiger charge is -2.01. The molecule has 3 aromatic heterocycles. The minimum absolute atomic E-state index is 0.381. The van der Waals surface area contributed by atoms with Gasteiger partial charge in [-0.25, -0.2) is 0 Å². The Bertz CT molecular complexity index is 995. The van der Waals surface area contributed by atoms with E-state index in [0.29, 0.717) is 17.5 Å². The van der Waals surface area contributed by atoms with Gasteiger partial charge in [0.05, 0.1) is 5.75 Å². The average Bonchev–Trinajstić information content (AvgIpc) is 3.32. The molecule has 26 heavy (non-hydrogen) atoms. The summed E-state index contributed by atoms with van der Waals surface area (Å²) in [5, 5.41) is 4.00. The van der Waals surface area contributed by atoms with Crippen molar-refractivity contribution in [2.75, 3.05) is 0 Å². The maximum atomic E-state index is 5.85. The summed E-state index contributed by atoms with van der Waals surface area (Å²) in [7, 11) is 0. The minimum Gasteiger partial charge on any atom is -0.455 e. The Morgan fingerprint density at radius 1 is 1.00 bits per heavy atom. The predicted octanol–water partition coefficient (Wildman–Crippen LogP) is 5.13. The van der Waals surface area contributed by atoms with E-state index in [0.717, 1.165) is 22.8 Å². The molecule has 0 bridgehead atoms. The first-order valence-electron chi connectivity index (χ1n) is 8.24. The van der Waals surface area contributed by atoms with E-state index in [1.807, 2.05) is 36.0 Å². The fourth-order valence-corrected chi connectivity index (χ4v) is 3.46. The number of furan rings is 1. The molecule has 0 aliphatic carbocycles. The van der Waals surface area contributed by atoms with Gasteiger partial charge in [-0.2, -0.15) is 4.98 Å². The van der Waals surface area contributed by atoms with Crippen LogP contribution in [0.3, 0.4) is 0 Å². The molecule has 0 N–H and O–H groups in total. The molecule has 0 saturated carbocycles. The molecular formula is C20H17N3O2S. The molecule has 0 saturated heterocycles. The monoisotopic (exact) mass is 363 g/mol. The number of rotatable bonds is 6. The van der Waals surface area contributed by atoms with Crippen molar-refractivity contribution in [3.63, 3.8) is 0 Å². The second-order valence-corrected chi connectivity index (χ2v) is 6.89. The first kappa shape index (κ1) is 16.6. The van der Waals surface area contributed by atoms with Gasteiger partial charge in [0.15, 0.2) is 5.76 Å². The molecule has 3 heterocycles. The van der Waals surface area contributed by atoms with E-state index in [2.05, 4.69) is 46.3 Å². The lowest BCUT2D eigenvalue weighted by Crippen LogP contribution is -1.83. The normalized spacial score (nSPS) is 11.0. The number of nitrogens with zero attached hydrogens (tertiary/aromatic N) is 3. The number of benzene rings is 1. The zero-order chi connectivity index (χ0) is 17.8. The molecule has 6 heteroatoms. The van der Waals surface area contributed by atoms with E-state index in [9.17, 15) is 0 Å². The van der Waals surface area contributed by atoms with Crippen LogP contribution in [0.2, 0.25) is 0 Å². The van der Waals surface area contributed by atoms with E-state index < -0.39 is 0 Å². The van der Waals surface area contributed by atoms with E-state index in [-0.39, 0.29) is 0 Å². The van der Waals surface area contributed by atoms with Gasteiger partial charge >= 0.3 is 0 Å². The largest absolute Gasteiger partial charge is 0.455 e. The Morgan fingerprint density at radius 2 is 1.88 bits per heavy atom. The quantitative estimate of drug-likeness (QED) is 0.473. The van der Waals surface area contributed by atoms with Gasteiger partial charge < -0.3 is 8.94 Å². The Labute approximate surface area is 155 Å². The third kappa shape index (κ3) is 3.86. The average molecular weight is 363 g/mol. The molecule has 0 unspecified atom stereocenters. The summed E-state index contributed by atoms with van der Waals surface area (Å²) in [6, 6.07) is 16.0. The standard InChI is InChI=1S/C20H17N3O2S/c1-14-3-2-4-15(11-14)12-26-13-17-5-6-18(24-17)20-22-19(23-25-20)16-7-9-21-10-8-16/h2-11H,12-13H2,1H3. The van der Waals surface area contributed by atoms with Gasteiger partial charge in [-0.15, -0.1) is 11.8 Å². The molecule has 0 aliphatic rings. The molecule has 0 spiro atoms. The summed E-state index contributed by atoms with van der Waals surface area (Å²) in [5.41, 5.74) is 3.46. The molecule has 0 atom stereocenters. The maximum Gasteiger partial charge on any atom is 0.293 e. The van der Waals surface area contributed by atoms with Gasteiger partial charge in [0.2, 0.25) is 5.82 Å². The van der Waals surface area contributed by atoms with E-state index >= 15 is 0 Å². The Hall–Kier alpha value is -2.86. The van der Waals surface area contributed by atoms with Gasteiger partial charge in [-0.1, -0.05) is 35.0 Å². The lowest BCUT2D eigenvalue weighted by molar-refractivity contribution is 0.413. The summed E-state index contributed by atoms with van der Waals surface area (Å²) in [4.78, 5) is 8.38. The van der Waals surface area contributed by atoms with E-state index in [1.54, 1.807) is 12.4 Å². The van der Waals surface area contributed by atoms with Crippen LogP contribution in [-0.2, 0) is 11.5 Å². The first-order valence-corrected chi connectivity index (χ1v) is 9.40. The van der Waals surface area contributed by atoms with Crippen molar-refractivity contribution < 1.29 is 8.94 Å². The molecule has 1 aromatic carbocycles. The van der Waals surface area contributed by atoms with E-state index in [4.69, 9.17) is 8.94 Å². The van der Waals surface area contributed by atoms with Crippen LogP contribution in [0, 0.1) is 6.92 Å². The molecule has 5 nitrogen and oxygen atoms in total.